The van der Waals surface area contributed by atoms with Gasteiger partial charge >= 0.3 is 6.09 Å². The third-order valence-electron chi connectivity index (χ3n) is 5.29. The molecule has 0 saturated heterocycles. The lowest BCUT2D eigenvalue weighted by molar-refractivity contribution is -0.121. The van der Waals surface area contributed by atoms with Gasteiger partial charge < -0.3 is 20.7 Å². The Hall–Kier alpha value is -4.13. The monoisotopic (exact) mass is 487 g/mol. The molecule has 0 fully saturated rings. The van der Waals surface area contributed by atoms with Crippen LogP contribution >= 0.6 is 0 Å². The Morgan fingerprint density at radius 1 is 0.778 bits per heavy atom. The SMILES string of the molecule is CC(C)(C)OC(=O)NCCC(=O)Nc1ccccc1CNC(=O)C(c1ccccc1)c1ccccc1. The molecule has 36 heavy (non-hydrogen) atoms. The summed E-state index contributed by atoms with van der Waals surface area (Å²) in [5.41, 5.74) is 2.59. The van der Waals surface area contributed by atoms with E-state index >= 15 is 0 Å². The Morgan fingerprint density at radius 3 is 1.92 bits per heavy atom. The Labute approximate surface area is 212 Å². The van der Waals surface area contributed by atoms with E-state index in [9.17, 15) is 14.4 Å². The summed E-state index contributed by atoms with van der Waals surface area (Å²) in [5.74, 6) is -0.834. The molecule has 3 aromatic carbocycles. The second kappa shape index (κ2) is 12.5. The van der Waals surface area contributed by atoms with Gasteiger partial charge in [-0.05, 0) is 43.5 Å². The second-order valence-corrected chi connectivity index (χ2v) is 9.36. The van der Waals surface area contributed by atoms with Gasteiger partial charge in [0.05, 0.1) is 5.92 Å². The van der Waals surface area contributed by atoms with Crippen LogP contribution in [0.4, 0.5) is 10.5 Å². The summed E-state index contributed by atoms with van der Waals surface area (Å²) in [5, 5.41) is 8.47. The minimum absolute atomic E-state index is 0.0873. The van der Waals surface area contributed by atoms with Crippen molar-refractivity contribution in [2.24, 2.45) is 0 Å². The fourth-order valence-corrected chi connectivity index (χ4v) is 3.67. The molecule has 0 aliphatic carbocycles. The number of hydrogen-bond acceptors (Lipinski definition) is 4. The predicted molar refractivity (Wildman–Crippen MR) is 140 cm³/mol. The van der Waals surface area contributed by atoms with Gasteiger partial charge in [0.2, 0.25) is 11.8 Å². The number of carbonyl (C=O) groups excluding carboxylic acids is 3. The van der Waals surface area contributed by atoms with Crippen LogP contribution in [0.2, 0.25) is 0 Å². The van der Waals surface area contributed by atoms with Crippen LogP contribution in [0.3, 0.4) is 0 Å². The number of benzene rings is 3. The maximum atomic E-state index is 13.3. The summed E-state index contributed by atoms with van der Waals surface area (Å²) < 4.78 is 5.17. The molecule has 0 spiro atoms. The quantitative estimate of drug-likeness (QED) is 0.396. The van der Waals surface area contributed by atoms with Crippen LogP contribution in [0.15, 0.2) is 84.9 Å². The lowest BCUT2D eigenvalue weighted by Gasteiger charge is -2.19. The van der Waals surface area contributed by atoms with Gasteiger partial charge in [-0.3, -0.25) is 9.59 Å². The molecule has 0 atom stereocenters. The van der Waals surface area contributed by atoms with Crippen LogP contribution < -0.4 is 16.0 Å². The zero-order chi connectivity index (χ0) is 26.0. The second-order valence-electron chi connectivity index (χ2n) is 9.36. The molecule has 3 rings (SSSR count). The van der Waals surface area contributed by atoms with Crippen molar-refractivity contribution in [3.63, 3.8) is 0 Å². The van der Waals surface area contributed by atoms with Crippen molar-refractivity contribution >= 4 is 23.6 Å². The Morgan fingerprint density at radius 2 is 1.33 bits per heavy atom. The largest absolute Gasteiger partial charge is 0.444 e. The lowest BCUT2D eigenvalue weighted by Crippen LogP contribution is -2.34. The highest BCUT2D eigenvalue weighted by Crippen LogP contribution is 2.25. The predicted octanol–water partition coefficient (Wildman–Crippen LogP) is 4.99. The van der Waals surface area contributed by atoms with E-state index in [4.69, 9.17) is 4.74 Å². The van der Waals surface area contributed by atoms with Gasteiger partial charge in [0.25, 0.3) is 0 Å². The number of nitrogens with one attached hydrogen (secondary N) is 3. The zero-order valence-corrected chi connectivity index (χ0v) is 20.9. The van der Waals surface area contributed by atoms with Crippen LogP contribution in [0.25, 0.3) is 0 Å². The molecule has 3 N–H and O–H groups in total. The van der Waals surface area contributed by atoms with Crippen molar-refractivity contribution in [2.45, 2.75) is 45.3 Å². The van der Waals surface area contributed by atoms with Gasteiger partial charge in [0.1, 0.15) is 5.60 Å². The molecular weight excluding hydrogens is 454 g/mol. The average molecular weight is 488 g/mol. The van der Waals surface area contributed by atoms with Crippen molar-refractivity contribution in [3.8, 4) is 0 Å². The molecule has 0 unspecified atom stereocenters. The first-order valence-electron chi connectivity index (χ1n) is 11.9. The third-order valence-corrected chi connectivity index (χ3v) is 5.29. The zero-order valence-electron chi connectivity index (χ0n) is 20.9. The maximum Gasteiger partial charge on any atom is 0.407 e. The van der Waals surface area contributed by atoms with E-state index in [1.54, 1.807) is 26.8 Å². The summed E-state index contributed by atoms with van der Waals surface area (Å²) in [6, 6.07) is 26.6. The highest BCUT2D eigenvalue weighted by atomic mass is 16.6. The standard InChI is InChI=1S/C29H33N3O4/c1-29(2,3)36-28(35)30-19-18-25(33)32-24-17-11-10-16-23(24)20-31-27(34)26(21-12-6-4-7-13-21)22-14-8-5-9-15-22/h4-17,26H,18-20H2,1-3H3,(H,30,35)(H,31,34)(H,32,33). The number of alkyl carbamates (subject to hydrolysis) is 1. The van der Waals surface area contributed by atoms with Crippen LogP contribution in [-0.4, -0.2) is 30.1 Å². The van der Waals surface area contributed by atoms with Crippen molar-refractivity contribution in [1.82, 2.24) is 10.6 Å². The lowest BCUT2D eigenvalue weighted by atomic mass is 9.90. The molecule has 0 aliphatic heterocycles. The summed E-state index contributed by atoms with van der Waals surface area (Å²) in [6.07, 6.45) is -0.478. The average Bonchev–Trinajstić information content (AvgIpc) is 2.84. The molecule has 7 nitrogen and oxygen atoms in total. The smallest absolute Gasteiger partial charge is 0.407 e. The number of amides is 3. The molecular formula is C29H33N3O4. The normalized spacial score (nSPS) is 11.0. The first kappa shape index (κ1) is 26.5. The van der Waals surface area contributed by atoms with Crippen molar-refractivity contribution in [3.05, 3.63) is 102 Å². The van der Waals surface area contributed by atoms with Crippen molar-refractivity contribution < 1.29 is 19.1 Å². The van der Waals surface area contributed by atoms with E-state index in [1.807, 2.05) is 78.9 Å². The molecule has 0 aromatic heterocycles. The molecule has 188 valence electrons. The number of hydrogen-bond donors (Lipinski definition) is 3. The van der Waals surface area contributed by atoms with E-state index in [1.165, 1.54) is 0 Å². The molecule has 3 aromatic rings. The van der Waals surface area contributed by atoms with E-state index in [2.05, 4.69) is 16.0 Å². The number of rotatable bonds is 9. The van der Waals surface area contributed by atoms with E-state index < -0.39 is 17.6 Å². The van der Waals surface area contributed by atoms with Crippen LogP contribution in [0.5, 0.6) is 0 Å². The van der Waals surface area contributed by atoms with Crippen molar-refractivity contribution in [1.29, 1.82) is 0 Å². The van der Waals surface area contributed by atoms with Gasteiger partial charge in [-0.2, -0.15) is 0 Å². The third kappa shape index (κ3) is 8.27. The Bertz CT molecular complexity index is 1120. The molecule has 0 heterocycles. The highest BCUT2D eigenvalue weighted by Gasteiger charge is 2.22. The summed E-state index contributed by atoms with van der Waals surface area (Å²) in [7, 11) is 0. The first-order chi connectivity index (χ1) is 17.2. The molecule has 0 bridgehead atoms. The Kier molecular flexibility index (Phi) is 9.22. The molecule has 0 aliphatic rings. The minimum Gasteiger partial charge on any atom is -0.444 e. The number of para-hydroxylation sites is 1. The van der Waals surface area contributed by atoms with E-state index in [-0.39, 0.29) is 31.3 Å². The van der Waals surface area contributed by atoms with Crippen LogP contribution in [-0.2, 0) is 20.9 Å². The van der Waals surface area contributed by atoms with E-state index in [0.29, 0.717) is 5.69 Å². The summed E-state index contributed by atoms with van der Waals surface area (Å²) in [4.78, 5) is 37.5. The highest BCUT2D eigenvalue weighted by molar-refractivity contribution is 5.92. The number of ether oxygens (including phenoxy) is 1. The molecule has 0 saturated carbocycles. The van der Waals surface area contributed by atoms with Gasteiger partial charge in [-0.25, -0.2) is 4.79 Å². The number of carbonyl (C=O) groups is 3. The van der Waals surface area contributed by atoms with Crippen LogP contribution in [0, 0.1) is 0 Å². The summed E-state index contributed by atoms with van der Waals surface area (Å²) >= 11 is 0. The minimum atomic E-state index is -0.601. The number of anilines is 1. The fourth-order valence-electron chi connectivity index (χ4n) is 3.67. The molecule has 7 heteroatoms. The van der Waals surface area contributed by atoms with Crippen molar-refractivity contribution in [2.75, 3.05) is 11.9 Å². The maximum absolute atomic E-state index is 13.3. The van der Waals surface area contributed by atoms with Gasteiger partial charge in [0.15, 0.2) is 0 Å². The van der Waals surface area contributed by atoms with Gasteiger partial charge in [0, 0.05) is 25.2 Å². The summed E-state index contributed by atoms with van der Waals surface area (Å²) in [6.45, 7) is 5.72. The van der Waals surface area contributed by atoms with Gasteiger partial charge in [-0.15, -0.1) is 0 Å². The van der Waals surface area contributed by atoms with Gasteiger partial charge in [-0.1, -0.05) is 78.9 Å². The topological polar surface area (TPSA) is 96.5 Å². The fraction of sp³-hybridized carbons (Fsp3) is 0.276. The molecule has 0 radical (unpaired) electrons. The Balaban J connectivity index is 1.61. The van der Waals surface area contributed by atoms with Crippen LogP contribution in [0.1, 0.15) is 49.8 Å². The molecule has 3 amide bonds. The van der Waals surface area contributed by atoms with E-state index in [0.717, 1.165) is 16.7 Å². The first-order valence-corrected chi connectivity index (χ1v) is 11.9.